The molecule has 0 N–H and O–H groups in total. The Morgan fingerprint density at radius 3 is 2.53 bits per heavy atom. The van der Waals surface area contributed by atoms with Gasteiger partial charge in [0.1, 0.15) is 6.04 Å². The second-order valence-corrected chi connectivity index (χ2v) is 8.46. The number of fused-ring (bicyclic) bond motifs is 5. The maximum absolute atomic E-state index is 13.7. The third-order valence-electron chi connectivity index (χ3n) is 6.79. The van der Waals surface area contributed by atoms with Gasteiger partial charge >= 0.3 is 0 Å². The van der Waals surface area contributed by atoms with Gasteiger partial charge in [-0.2, -0.15) is 0 Å². The topological polar surface area (TPSA) is 114 Å². The van der Waals surface area contributed by atoms with Gasteiger partial charge in [-0.3, -0.25) is 24.5 Å². The van der Waals surface area contributed by atoms with Crippen LogP contribution in [-0.2, 0) is 9.59 Å². The Labute approximate surface area is 193 Å². The van der Waals surface area contributed by atoms with Gasteiger partial charge in [-0.1, -0.05) is 30.3 Å². The predicted octanol–water partition coefficient (Wildman–Crippen LogP) is 3.59. The molecule has 168 valence electrons. The van der Waals surface area contributed by atoms with Crippen LogP contribution in [0.25, 0.3) is 6.08 Å². The molecule has 0 saturated carbocycles. The number of non-ortho nitro benzene ring substituents is 1. The first-order valence-electron chi connectivity index (χ1n) is 10.7. The van der Waals surface area contributed by atoms with E-state index in [2.05, 4.69) is 0 Å². The molecule has 0 aliphatic carbocycles. The molecular formula is C25H17N3O6. The third-order valence-corrected chi connectivity index (χ3v) is 6.79. The highest BCUT2D eigenvalue weighted by Gasteiger charge is 2.64. The molecule has 2 amide bonds. The average molecular weight is 455 g/mol. The summed E-state index contributed by atoms with van der Waals surface area (Å²) in [7, 11) is 0. The first kappa shape index (κ1) is 20.1. The van der Waals surface area contributed by atoms with E-state index in [0.29, 0.717) is 0 Å². The molecule has 2 saturated heterocycles. The molecule has 2 aromatic carbocycles. The first-order valence-corrected chi connectivity index (χ1v) is 10.7. The van der Waals surface area contributed by atoms with E-state index in [-0.39, 0.29) is 17.1 Å². The summed E-state index contributed by atoms with van der Waals surface area (Å²) in [4.78, 5) is 54.4. The minimum Gasteiger partial charge on any atom is -0.461 e. The fourth-order valence-corrected chi connectivity index (χ4v) is 5.42. The SMILES string of the molecule is O=C(c1ccco1)[C@@H]1[C@@H]2C(=O)N(c3cccc([N+](=O)[O-])c3)C(=O)[C@H]2[C@@H]2c3ccccc3C=CN12. The number of hydrogen-bond donors (Lipinski definition) is 0. The normalized spacial score (nSPS) is 24.7. The quantitative estimate of drug-likeness (QED) is 0.256. The number of nitro groups is 1. The van der Waals surface area contributed by atoms with Gasteiger partial charge in [-0.25, -0.2) is 4.90 Å². The van der Waals surface area contributed by atoms with Gasteiger partial charge in [0.25, 0.3) is 5.69 Å². The number of ketones is 1. The molecule has 9 heteroatoms. The van der Waals surface area contributed by atoms with Crippen molar-refractivity contribution in [3.05, 3.63) is 100 Å². The van der Waals surface area contributed by atoms with Gasteiger partial charge in [0.2, 0.25) is 17.6 Å². The lowest BCUT2D eigenvalue weighted by molar-refractivity contribution is -0.384. The Morgan fingerprint density at radius 2 is 1.76 bits per heavy atom. The Hall–Kier alpha value is -4.53. The molecule has 0 radical (unpaired) electrons. The number of carbonyl (C=O) groups is 3. The van der Waals surface area contributed by atoms with Crippen LogP contribution in [0.3, 0.4) is 0 Å². The summed E-state index contributed by atoms with van der Waals surface area (Å²) in [5.74, 6) is -3.13. The lowest BCUT2D eigenvalue weighted by Crippen LogP contribution is -2.44. The zero-order valence-electron chi connectivity index (χ0n) is 17.6. The zero-order chi connectivity index (χ0) is 23.6. The van der Waals surface area contributed by atoms with E-state index >= 15 is 0 Å². The molecule has 2 fully saturated rings. The third kappa shape index (κ3) is 2.70. The van der Waals surface area contributed by atoms with Gasteiger partial charge in [0.15, 0.2) is 5.76 Å². The molecule has 0 unspecified atom stereocenters. The van der Waals surface area contributed by atoms with Crippen LogP contribution in [0.1, 0.15) is 27.7 Å². The van der Waals surface area contributed by atoms with Crippen LogP contribution >= 0.6 is 0 Å². The second kappa shape index (κ2) is 7.24. The highest BCUT2D eigenvalue weighted by molar-refractivity contribution is 6.24. The van der Waals surface area contributed by atoms with Crippen molar-refractivity contribution in [3.8, 4) is 0 Å². The van der Waals surface area contributed by atoms with E-state index in [4.69, 9.17) is 4.42 Å². The highest BCUT2D eigenvalue weighted by Crippen LogP contribution is 2.53. The van der Waals surface area contributed by atoms with Gasteiger partial charge in [0.05, 0.1) is 34.8 Å². The number of carbonyl (C=O) groups excluding carboxylic acids is 3. The van der Waals surface area contributed by atoms with Crippen molar-refractivity contribution in [1.29, 1.82) is 0 Å². The van der Waals surface area contributed by atoms with Crippen LogP contribution in [0, 0.1) is 22.0 Å². The molecule has 34 heavy (non-hydrogen) atoms. The van der Waals surface area contributed by atoms with Crippen molar-refractivity contribution >= 4 is 35.0 Å². The highest BCUT2D eigenvalue weighted by atomic mass is 16.6. The first-order chi connectivity index (χ1) is 16.5. The maximum atomic E-state index is 13.7. The van der Waals surface area contributed by atoms with Crippen molar-refractivity contribution in [2.75, 3.05) is 4.90 Å². The summed E-state index contributed by atoms with van der Waals surface area (Å²) in [6.45, 7) is 0. The van der Waals surface area contributed by atoms with Crippen LogP contribution in [0.15, 0.2) is 77.5 Å². The summed E-state index contributed by atoms with van der Waals surface area (Å²) in [6, 6.07) is 14.6. The molecule has 3 aliphatic heterocycles. The van der Waals surface area contributed by atoms with E-state index in [1.807, 2.05) is 30.3 Å². The van der Waals surface area contributed by atoms with E-state index in [1.165, 1.54) is 36.6 Å². The molecule has 6 rings (SSSR count). The van der Waals surface area contributed by atoms with E-state index in [1.54, 1.807) is 17.2 Å². The molecular weight excluding hydrogens is 438 g/mol. The monoisotopic (exact) mass is 455 g/mol. The minimum absolute atomic E-state index is 0.103. The summed E-state index contributed by atoms with van der Waals surface area (Å²) in [6.07, 6.45) is 5.01. The summed E-state index contributed by atoms with van der Waals surface area (Å²) in [5, 5.41) is 11.3. The van der Waals surface area contributed by atoms with Crippen molar-refractivity contribution in [2.45, 2.75) is 12.1 Å². The zero-order valence-corrected chi connectivity index (χ0v) is 17.6. The molecule has 0 bridgehead atoms. The number of anilines is 1. The average Bonchev–Trinajstić information content (AvgIpc) is 3.55. The van der Waals surface area contributed by atoms with Crippen LogP contribution < -0.4 is 4.90 Å². The number of rotatable bonds is 4. The molecule has 0 spiro atoms. The Morgan fingerprint density at radius 1 is 0.971 bits per heavy atom. The number of benzene rings is 2. The molecule has 4 atom stereocenters. The molecule has 4 heterocycles. The van der Waals surface area contributed by atoms with Gasteiger partial charge in [0, 0.05) is 18.3 Å². The van der Waals surface area contributed by atoms with Crippen molar-refractivity contribution < 1.29 is 23.7 Å². The minimum atomic E-state index is -0.967. The van der Waals surface area contributed by atoms with Crippen molar-refractivity contribution in [1.82, 2.24) is 4.90 Å². The Balaban J connectivity index is 1.50. The van der Waals surface area contributed by atoms with Gasteiger partial charge in [-0.05, 0) is 35.4 Å². The maximum Gasteiger partial charge on any atom is 0.271 e. The van der Waals surface area contributed by atoms with Crippen LogP contribution in [0.2, 0.25) is 0 Å². The number of amides is 2. The largest absolute Gasteiger partial charge is 0.461 e. The number of imide groups is 1. The van der Waals surface area contributed by atoms with E-state index in [0.717, 1.165) is 16.0 Å². The number of hydrogen-bond acceptors (Lipinski definition) is 7. The standard InChI is InChI=1S/C25H17N3O6/c29-23(18-9-4-12-34-18)22-20-19(21-17-8-2-1-5-14(17)10-11-26(21)22)24(30)27(25(20)31)15-6-3-7-16(13-15)28(32)33/h1-13,19-22H/t19-,20-,21+,22+/m1/s1. The lowest BCUT2D eigenvalue weighted by atomic mass is 9.84. The van der Waals surface area contributed by atoms with Crippen LogP contribution in [0.4, 0.5) is 11.4 Å². The lowest BCUT2D eigenvalue weighted by Gasteiger charge is -2.35. The number of furan rings is 1. The van der Waals surface area contributed by atoms with Gasteiger partial charge < -0.3 is 9.32 Å². The van der Waals surface area contributed by atoms with E-state index in [9.17, 15) is 24.5 Å². The van der Waals surface area contributed by atoms with Crippen molar-refractivity contribution in [3.63, 3.8) is 0 Å². The Kier molecular flexibility index (Phi) is 4.28. The fraction of sp³-hybridized carbons (Fsp3) is 0.160. The smallest absolute Gasteiger partial charge is 0.271 e. The van der Waals surface area contributed by atoms with Crippen molar-refractivity contribution in [2.24, 2.45) is 11.8 Å². The fourth-order valence-electron chi connectivity index (χ4n) is 5.42. The molecule has 3 aromatic rings. The van der Waals surface area contributed by atoms with Crippen LogP contribution in [0.5, 0.6) is 0 Å². The molecule has 9 nitrogen and oxygen atoms in total. The number of nitrogens with zero attached hydrogens (tertiary/aromatic N) is 3. The van der Waals surface area contributed by atoms with Gasteiger partial charge in [-0.15, -0.1) is 0 Å². The molecule has 3 aliphatic rings. The predicted molar refractivity (Wildman–Crippen MR) is 119 cm³/mol. The second-order valence-electron chi connectivity index (χ2n) is 8.46. The number of nitro benzene ring substituents is 1. The molecule has 1 aromatic heterocycles. The number of Topliss-reactive ketones (excluding diaryl/α,β-unsaturated/α-hetero) is 1. The summed E-state index contributed by atoms with van der Waals surface area (Å²) < 4.78 is 5.34. The summed E-state index contributed by atoms with van der Waals surface area (Å²) >= 11 is 0. The van der Waals surface area contributed by atoms with E-state index < -0.39 is 46.4 Å². The van der Waals surface area contributed by atoms with Crippen LogP contribution in [-0.4, -0.2) is 33.5 Å². The Bertz CT molecular complexity index is 1400. The summed E-state index contributed by atoms with van der Waals surface area (Å²) in [5.41, 5.74) is 1.64.